The molecule has 0 atom stereocenters. The van der Waals surface area contributed by atoms with E-state index in [0.29, 0.717) is 30.5 Å². The van der Waals surface area contributed by atoms with Gasteiger partial charge in [-0.1, -0.05) is 6.07 Å². The Morgan fingerprint density at radius 1 is 1.12 bits per heavy atom. The standard InChI is InChI=1S/C17H15FN6OS/c18-11-3-5-12(6-4-11)19-9-13-8-15(25)24-17(21-13)22-16(23-24)20-10-14-2-1-7-26-14/h1-8,19H,9-10H2,(H2,20,21,22,23). The fraction of sp³-hybridized carbons (Fsp3) is 0.118. The summed E-state index contributed by atoms with van der Waals surface area (Å²) in [6.45, 7) is 0.952. The number of nitrogens with zero attached hydrogens (tertiary/aromatic N) is 3. The molecule has 3 N–H and O–H groups in total. The van der Waals surface area contributed by atoms with Crippen LogP contribution in [0.5, 0.6) is 0 Å². The number of rotatable bonds is 6. The topological polar surface area (TPSA) is 87.1 Å². The van der Waals surface area contributed by atoms with E-state index in [9.17, 15) is 9.18 Å². The predicted octanol–water partition coefficient (Wildman–Crippen LogP) is 2.84. The van der Waals surface area contributed by atoms with Crippen molar-refractivity contribution >= 4 is 28.8 Å². The fourth-order valence-electron chi connectivity index (χ4n) is 2.44. The van der Waals surface area contributed by atoms with Crippen molar-refractivity contribution in [3.05, 3.63) is 74.6 Å². The molecule has 7 nitrogen and oxygen atoms in total. The van der Waals surface area contributed by atoms with Crippen LogP contribution in [0.1, 0.15) is 10.6 Å². The van der Waals surface area contributed by atoms with Gasteiger partial charge >= 0.3 is 0 Å². The van der Waals surface area contributed by atoms with Crippen LogP contribution in [0.4, 0.5) is 16.0 Å². The number of H-pyrrole nitrogens is 1. The molecule has 0 fully saturated rings. The number of halogens is 1. The van der Waals surface area contributed by atoms with Crippen LogP contribution < -0.4 is 16.2 Å². The number of aromatic nitrogens is 4. The van der Waals surface area contributed by atoms with E-state index < -0.39 is 0 Å². The van der Waals surface area contributed by atoms with Crippen LogP contribution in [0.25, 0.3) is 5.78 Å². The Hall–Kier alpha value is -3.20. The van der Waals surface area contributed by atoms with Gasteiger partial charge in [0.05, 0.1) is 18.8 Å². The molecule has 0 saturated heterocycles. The van der Waals surface area contributed by atoms with E-state index in [4.69, 9.17) is 0 Å². The van der Waals surface area contributed by atoms with Gasteiger partial charge in [0, 0.05) is 16.6 Å². The minimum absolute atomic E-state index is 0.248. The molecule has 0 amide bonds. The molecular weight excluding hydrogens is 355 g/mol. The molecule has 0 aliphatic rings. The summed E-state index contributed by atoms with van der Waals surface area (Å²) in [5.74, 6) is 0.473. The number of anilines is 2. The maximum Gasteiger partial charge on any atom is 0.274 e. The highest BCUT2D eigenvalue weighted by Gasteiger charge is 2.08. The smallest absolute Gasteiger partial charge is 0.274 e. The quantitative estimate of drug-likeness (QED) is 0.486. The molecule has 4 rings (SSSR count). The largest absolute Gasteiger partial charge is 0.379 e. The van der Waals surface area contributed by atoms with Gasteiger partial charge in [0.15, 0.2) is 0 Å². The second-order valence-electron chi connectivity index (χ2n) is 5.59. The molecule has 0 aliphatic carbocycles. The third kappa shape index (κ3) is 3.57. The molecule has 0 aliphatic heterocycles. The van der Waals surface area contributed by atoms with Gasteiger partial charge in [-0.3, -0.25) is 9.89 Å². The Balaban J connectivity index is 1.50. The molecule has 0 unspecified atom stereocenters. The van der Waals surface area contributed by atoms with Crippen LogP contribution in [0.3, 0.4) is 0 Å². The van der Waals surface area contributed by atoms with Gasteiger partial charge in [0.25, 0.3) is 11.3 Å². The molecule has 3 heterocycles. The first-order chi connectivity index (χ1) is 12.7. The number of nitrogens with one attached hydrogen (secondary N) is 3. The maximum absolute atomic E-state index is 12.9. The molecule has 26 heavy (non-hydrogen) atoms. The van der Waals surface area contributed by atoms with Gasteiger partial charge in [0.2, 0.25) is 5.95 Å². The summed E-state index contributed by atoms with van der Waals surface area (Å²) in [5.41, 5.74) is 1.05. The first-order valence-electron chi connectivity index (χ1n) is 7.92. The lowest BCUT2D eigenvalue weighted by Gasteiger charge is -2.05. The van der Waals surface area contributed by atoms with Crippen LogP contribution in [-0.2, 0) is 13.1 Å². The third-order valence-corrected chi connectivity index (χ3v) is 4.59. The zero-order valence-corrected chi connectivity index (χ0v) is 14.4. The lowest BCUT2D eigenvalue weighted by Crippen LogP contribution is -2.17. The summed E-state index contributed by atoms with van der Waals surface area (Å²) in [5, 5.41) is 11.1. The number of thiophene rings is 1. The first kappa shape index (κ1) is 16.3. The summed E-state index contributed by atoms with van der Waals surface area (Å²) < 4.78 is 14.2. The van der Waals surface area contributed by atoms with E-state index in [0.717, 1.165) is 10.6 Å². The van der Waals surface area contributed by atoms with Crippen molar-refractivity contribution in [1.82, 2.24) is 19.6 Å². The lowest BCUT2D eigenvalue weighted by atomic mass is 10.3. The Morgan fingerprint density at radius 2 is 1.96 bits per heavy atom. The monoisotopic (exact) mass is 370 g/mol. The van der Waals surface area contributed by atoms with Crippen molar-refractivity contribution in [3.8, 4) is 0 Å². The molecule has 0 spiro atoms. The van der Waals surface area contributed by atoms with Crippen molar-refractivity contribution in [2.45, 2.75) is 13.1 Å². The second kappa shape index (κ2) is 6.96. The Kier molecular flexibility index (Phi) is 4.36. The highest BCUT2D eigenvalue weighted by Crippen LogP contribution is 2.12. The van der Waals surface area contributed by atoms with Crippen molar-refractivity contribution < 1.29 is 4.39 Å². The van der Waals surface area contributed by atoms with E-state index in [-0.39, 0.29) is 11.4 Å². The van der Waals surface area contributed by atoms with Gasteiger partial charge in [-0.15, -0.1) is 11.3 Å². The van der Waals surface area contributed by atoms with Gasteiger partial charge < -0.3 is 10.6 Å². The Bertz CT molecular complexity index is 1070. The van der Waals surface area contributed by atoms with E-state index in [1.54, 1.807) is 23.5 Å². The maximum atomic E-state index is 12.9. The minimum Gasteiger partial charge on any atom is -0.379 e. The van der Waals surface area contributed by atoms with Gasteiger partial charge in [0.1, 0.15) is 5.82 Å². The van der Waals surface area contributed by atoms with Crippen LogP contribution in [0, 0.1) is 5.82 Å². The van der Waals surface area contributed by atoms with Crippen molar-refractivity contribution in [2.75, 3.05) is 10.6 Å². The normalized spacial score (nSPS) is 11.0. The zero-order chi connectivity index (χ0) is 17.9. The summed E-state index contributed by atoms with van der Waals surface area (Å²) in [4.78, 5) is 22.1. The number of hydrogen-bond donors (Lipinski definition) is 3. The average Bonchev–Trinajstić information content (AvgIpc) is 3.29. The summed E-state index contributed by atoms with van der Waals surface area (Å²) in [6, 6.07) is 11.4. The molecule has 4 aromatic rings. The van der Waals surface area contributed by atoms with E-state index in [1.807, 2.05) is 17.5 Å². The number of hydrogen-bond acceptors (Lipinski definition) is 6. The number of fused-ring (bicyclic) bond motifs is 1. The molecular formula is C17H15FN6OS. The summed E-state index contributed by atoms with van der Waals surface area (Å²) >= 11 is 1.64. The number of aromatic amines is 1. The summed E-state index contributed by atoms with van der Waals surface area (Å²) in [7, 11) is 0. The van der Waals surface area contributed by atoms with Crippen LogP contribution in [0.2, 0.25) is 0 Å². The molecule has 9 heteroatoms. The molecule has 132 valence electrons. The molecule has 1 aromatic carbocycles. The van der Waals surface area contributed by atoms with E-state index >= 15 is 0 Å². The van der Waals surface area contributed by atoms with Crippen molar-refractivity contribution in [2.24, 2.45) is 0 Å². The average molecular weight is 370 g/mol. The Labute approximate surface area is 151 Å². The lowest BCUT2D eigenvalue weighted by molar-refractivity contribution is 0.628. The highest BCUT2D eigenvalue weighted by atomic mass is 32.1. The molecule has 3 aromatic heterocycles. The van der Waals surface area contributed by atoms with Crippen molar-refractivity contribution in [1.29, 1.82) is 0 Å². The summed E-state index contributed by atoms with van der Waals surface area (Å²) in [6.07, 6.45) is 0. The molecule has 0 radical (unpaired) electrons. The minimum atomic E-state index is -0.299. The first-order valence-corrected chi connectivity index (χ1v) is 8.80. The van der Waals surface area contributed by atoms with E-state index in [2.05, 4.69) is 25.7 Å². The van der Waals surface area contributed by atoms with Crippen molar-refractivity contribution in [3.63, 3.8) is 0 Å². The number of benzene rings is 1. The Morgan fingerprint density at radius 3 is 2.73 bits per heavy atom. The van der Waals surface area contributed by atoms with Crippen LogP contribution in [0.15, 0.2) is 52.6 Å². The molecule has 0 bridgehead atoms. The van der Waals surface area contributed by atoms with Gasteiger partial charge in [-0.2, -0.15) is 9.50 Å². The van der Waals surface area contributed by atoms with Crippen LogP contribution >= 0.6 is 11.3 Å². The predicted molar refractivity (Wildman–Crippen MR) is 99.0 cm³/mol. The van der Waals surface area contributed by atoms with Gasteiger partial charge in [-0.05, 0) is 35.7 Å². The highest BCUT2D eigenvalue weighted by molar-refractivity contribution is 7.09. The second-order valence-corrected chi connectivity index (χ2v) is 6.62. The fourth-order valence-corrected chi connectivity index (χ4v) is 3.09. The zero-order valence-electron chi connectivity index (χ0n) is 13.6. The van der Waals surface area contributed by atoms with Gasteiger partial charge in [-0.25, -0.2) is 9.37 Å². The van der Waals surface area contributed by atoms with E-state index in [1.165, 1.54) is 22.7 Å². The SMILES string of the molecule is O=c1cc(CNc2ccc(F)cc2)nc2nc(NCc3cccs3)[nH]n12. The third-order valence-electron chi connectivity index (χ3n) is 3.71. The van der Waals surface area contributed by atoms with Crippen LogP contribution in [-0.4, -0.2) is 19.6 Å². The molecule has 0 saturated carbocycles.